The Morgan fingerprint density at radius 2 is 1.62 bits per heavy atom. The van der Waals surface area contributed by atoms with Crippen molar-refractivity contribution in [3.05, 3.63) is 95.3 Å². The first-order valence-electron chi connectivity index (χ1n) is 12.6. The Kier molecular flexibility index (Phi) is 8.14. The van der Waals surface area contributed by atoms with E-state index in [0.29, 0.717) is 46.6 Å². The Balaban J connectivity index is 1.89. The average Bonchev–Trinajstić information content (AvgIpc) is 3.21. The number of Topliss-reactive ketones (excluding diaryl/α,β-unsaturated/α-hetero) is 1. The molecule has 0 spiro atoms. The highest BCUT2D eigenvalue weighted by Gasteiger charge is 2.53. The van der Waals surface area contributed by atoms with E-state index in [1.807, 2.05) is 19.9 Å². The molecule has 8 nitrogen and oxygen atoms in total. The van der Waals surface area contributed by atoms with Crippen LogP contribution in [0.4, 0.5) is 0 Å². The van der Waals surface area contributed by atoms with Gasteiger partial charge in [0.15, 0.2) is 28.6 Å². The summed E-state index contributed by atoms with van der Waals surface area (Å²) in [5.74, 6) is 0.678. The number of methoxy groups -OCH3 is 3. The number of benzene rings is 3. The Bertz CT molecular complexity index is 1400. The zero-order valence-corrected chi connectivity index (χ0v) is 22.8. The molecule has 4 rings (SSSR count). The van der Waals surface area contributed by atoms with Gasteiger partial charge in [0.05, 0.1) is 27.9 Å². The fourth-order valence-corrected chi connectivity index (χ4v) is 4.63. The molecule has 1 amide bonds. The molecular formula is C31H33NO7. The van der Waals surface area contributed by atoms with Crippen molar-refractivity contribution in [1.29, 1.82) is 0 Å². The molecule has 1 aliphatic rings. The van der Waals surface area contributed by atoms with Crippen LogP contribution in [0.5, 0.6) is 23.0 Å². The molecule has 0 saturated carbocycles. The summed E-state index contributed by atoms with van der Waals surface area (Å²) in [6.45, 7) is 4.59. The van der Waals surface area contributed by atoms with Crippen LogP contribution in [-0.4, -0.2) is 49.6 Å². The van der Waals surface area contributed by atoms with Crippen LogP contribution in [0.25, 0.3) is 0 Å². The van der Waals surface area contributed by atoms with Gasteiger partial charge in [-0.25, -0.2) is 0 Å². The summed E-state index contributed by atoms with van der Waals surface area (Å²) < 4.78 is 22.1. The standard InChI is InChI=1S/C31H33NO7/c1-20(2)19-39-25-11-7-9-22(15-25)29(34)31(23-12-13-27(37-4)28(16-23)38-5)17-26(33)30(35)32(31)18-21-8-6-10-24(14-21)36-3/h6-17,20,33H,18-19H2,1-5H3. The van der Waals surface area contributed by atoms with Crippen molar-refractivity contribution in [3.8, 4) is 23.0 Å². The van der Waals surface area contributed by atoms with E-state index in [4.69, 9.17) is 18.9 Å². The molecule has 0 fully saturated rings. The first kappa shape index (κ1) is 27.6. The van der Waals surface area contributed by atoms with Crippen LogP contribution in [0, 0.1) is 5.92 Å². The summed E-state index contributed by atoms with van der Waals surface area (Å²) in [5, 5.41) is 10.8. The molecular weight excluding hydrogens is 498 g/mol. The van der Waals surface area contributed by atoms with Crippen LogP contribution in [0.15, 0.2) is 78.6 Å². The second kappa shape index (κ2) is 11.5. The van der Waals surface area contributed by atoms with Crippen LogP contribution in [0.3, 0.4) is 0 Å². The van der Waals surface area contributed by atoms with Crippen molar-refractivity contribution in [3.63, 3.8) is 0 Å². The lowest BCUT2D eigenvalue weighted by Gasteiger charge is -2.37. The van der Waals surface area contributed by atoms with Gasteiger partial charge in [0.2, 0.25) is 0 Å². The first-order chi connectivity index (χ1) is 18.7. The summed E-state index contributed by atoms with van der Waals surface area (Å²) in [5.41, 5.74) is -0.211. The van der Waals surface area contributed by atoms with Crippen molar-refractivity contribution in [2.24, 2.45) is 5.92 Å². The lowest BCUT2D eigenvalue weighted by atomic mass is 9.81. The van der Waals surface area contributed by atoms with Gasteiger partial charge in [0, 0.05) is 18.2 Å². The molecule has 0 aromatic heterocycles. The molecule has 8 heteroatoms. The predicted molar refractivity (Wildman–Crippen MR) is 147 cm³/mol. The summed E-state index contributed by atoms with van der Waals surface area (Å²) in [4.78, 5) is 29.3. The molecule has 1 heterocycles. The van der Waals surface area contributed by atoms with E-state index in [1.54, 1.807) is 67.8 Å². The smallest absolute Gasteiger partial charge is 0.290 e. The number of hydrogen-bond acceptors (Lipinski definition) is 7. The number of rotatable bonds is 11. The number of ketones is 1. The largest absolute Gasteiger partial charge is 0.503 e. The summed E-state index contributed by atoms with van der Waals surface area (Å²) in [6, 6.07) is 19.1. The number of aliphatic hydroxyl groups is 1. The molecule has 39 heavy (non-hydrogen) atoms. The predicted octanol–water partition coefficient (Wildman–Crippen LogP) is 5.31. The van der Waals surface area contributed by atoms with Crippen LogP contribution in [-0.2, 0) is 16.9 Å². The third-order valence-corrected chi connectivity index (χ3v) is 6.56. The van der Waals surface area contributed by atoms with Crippen molar-refractivity contribution < 1.29 is 33.6 Å². The van der Waals surface area contributed by atoms with E-state index in [9.17, 15) is 14.7 Å². The van der Waals surface area contributed by atoms with Gasteiger partial charge in [-0.2, -0.15) is 0 Å². The zero-order valence-electron chi connectivity index (χ0n) is 22.8. The van der Waals surface area contributed by atoms with E-state index < -0.39 is 23.0 Å². The molecule has 0 saturated heterocycles. The van der Waals surface area contributed by atoms with Gasteiger partial charge in [0.25, 0.3) is 5.91 Å². The molecule has 3 aromatic carbocycles. The molecule has 1 unspecified atom stereocenters. The number of carbonyl (C=O) groups is 2. The van der Waals surface area contributed by atoms with Gasteiger partial charge in [-0.05, 0) is 53.4 Å². The van der Waals surface area contributed by atoms with Crippen molar-refractivity contribution in [1.82, 2.24) is 4.90 Å². The van der Waals surface area contributed by atoms with Gasteiger partial charge in [-0.1, -0.05) is 44.2 Å². The van der Waals surface area contributed by atoms with Gasteiger partial charge in [-0.15, -0.1) is 0 Å². The molecule has 1 N–H and O–H groups in total. The van der Waals surface area contributed by atoms with E-state index in [-0.39, 0.29) is 6.54 Å². The lowest BCUT2D eigenvalue weighted by Crippen LogP contribution is -2.49. The maximum atomic E-state index is 14.5. The van der Waals surface area contributed by atoms with Crippen LogP contribution >= 0.6 is 0 Å². The maximum Gasteiger partial charge on any atom is 0.290 e. The highest BCUT2D eigenvalue weighted by Crippen LogP contribution is 2.44. The number of aliphatic hydroxyl groups excluding tert-OH is 1. The minimum Gasteiger partial charge on any atom is -0.503 e. The Hall–Kier alpha value is -4.46. The lowest BCUT2D eigenvalue weighted by molar-refractivity contribution is -0.131. The van der Waals surface area contributed by atoms with Crippen molar-refractivity contribution in [2.45, 2.75) is 25.9 Å². The van der Waals surface area contributed by atoms with Crippen LogP contribution < -0.4 is 18.9 Å². The number of ether oxygens (including phenoxy) is 4. The number of carbonyl (C=O) groups excluding carboxylic acids is 2. The number of nitrogens with zero attached hydrogens (tertiary/aromatic N) is 1. The van der Waals surface area contributed by atoms with E-state index >= 15 is 0 Å². The molecule has 1 aliphatic heterocycles. The molecule has 204 valence electrons. The topological polar surface area (TPSA) is 94.5 Å². The summed E-state index contributed by atoms with van der Waals surface area (Å²) in [6.07, 6.45) is 1.31. The van der Waals surface area contributed by atoms with Gasteiger partial charge in [-0.3, -0.25) is 9.59 Å². The Labute approximate surface area is 228 Å². The highest BCUT2D eigenvalue weighted by molar-refractivity contribution is 6.11. The van der Waals surface area contributed by atoms with Gasteiger partial charge in [0.1, 0.15) is 11.5 Å². The Morgan fingerprint density at radius 1 is 0.897 bits per heavy atom. The summed E-state index contributed by atoms with van der Waals surface area (Å²) in [7, 11) is 4.56. The quantitative estimate of drug-likeness (QED) is 0.335. The monoisotopic (exact) mass is 531 g/mol. The third-order valence-electron chi connectivity index (χ3n) is 6.56. The second-order valence-corrected chi connectivity index (χ2v) is 9.67. The SMILES string of the molecule is COc1cccc(CN2C(=O)C(O)=CC2(C(=O)c2cccc(OCC(C)C)c2)c2ccc(OC)c(OC)c2)c1. The molecule has 0 aliphatic carbocycles. The molecule has 0 radical (unpaired) electrons. The average molecular weight is 532 g/mol. The van der Waals surface area contributed by atoms with E-state index in [2.05, 4.69) is 0 Å². The second-order valence-electron chi connectivity index (χ2n) is 9.67. The highest BCUT2D eigenvalue weighted by atomic mass is 16.5. The Morgan fingerprint density at radius 3 is 2.31 bits per heavy atom. The fourth-order valence-electron chi connectivity index (χ4n) is 4.63. The minimum atomic E-state index is -1.68. The van der Waals surface area contributed by atoms with Crippen molar-refractivity contribution in [2.75, 3.05) is 27.9 Å². The van der Waals surface area contributed by atoms with Gasteiger partial charge >= 0.3 is 0 Å². The normalized spacial score (nSPS) is 16.7. The van der Waals surface area contributed by atoms with E-state index in [0.717, 1.165) is 5.56 Å². The zero-order chi connectivity index (χ0) is 28.2. The number of amides is 1. The van der Waals surface area contributed by atoms with E-state index in [1.165, 1.54) is 25.2 Å². The first-order valence-corrected chi connectivity index (χ1v) is 12.6. The van der Waals surface area contributed by atoms with Crippen LogP contribution in [0.2, 0.25) is 0 Å². The third kappa shape index (κ3) is 5.41. The fraction of sp³-hybridized carbons (Fsp3) is 0.290. The minimum absolute atomic E-state index is 0.0280. The van der Waals surface area contributed by atoms with Crippen molar-refractivity contribution >= 4 is 11.7 Å². The molecule has 0 bridgehead atoms. The molecule has 3 aromatic rings. The molecule has 1 atom stereocenters. The van der Waals surface area contributed by atoms with Crippen LogP contribution in [0.1, 0.15) is 35.3 Å². The number of hydrogen-bond donors (Lipinski definition) is 1. The summed E-state index contributed by atoms with van der Waals surface area (Å²) >= 11 is 0. The maximum absolute atomic E-state index is 14.5. The van der Waals surface area contributed by atoms with Gasteiger partial charge < -0.3 is 29.0 Å².